The average molecular weight is 444 g/mol. The maximum Gasteiger partial charge on any atom is 0.194 e. The van der Waals surface area contributed by atoms with Gasteiger partial charge < -0.3 is 19.7 Å². The Morgan fingerprint density at radius 1 is 1.13 bits per heavy atom. The molecule has 0 saturated carbocycles. The SMILES string of the molecule is CCNC(=NCCCc1nnc(SC)n1CC(C)C)N1CCN(c2ccccc2)CC1. The Hall–Kier alpha value is -2.22. The van der Waals surface area contributed by atoms with Crippen LogP contribution in [0.2, 0.25) is 0 Å². The lowest BCUT2D eigenvalue weighted by molar-refractivity contribution is 0.372. The van der Waals surface area contributed by atoms with Crippen molar-refractivity contribution >= 4 is 23.4 Å². The van der Waals surface area contributed by atoms with Gasteiger partial charge in [-0.2, -0.15) is 0 Å². The average Bonchev–Trinajstić information content (AvgIpc) is 3.17. The summed E-state index contributed by atoms with van der Waals surface area (Å²) >= 11 is 1.67. The van der Waals surface area contributed by atoms with Gasteiger partial charge in [-0.25, -0.2) is 0 Å². The lowest BCUT2D eigenvalue weighted by Crippen LogP contribution is -2.52. The highest BCUT2D eigenvalue weighted by molar-refractivity contribution is 7.98. The van der Waals surface area contributed by atoms with E-state index >= 15 is 0 Å². The Morgan fingerprint density at radius 3 is 2.52 bits per heavy atom. The summed E-state index contributed by atoms with van der Waals surface area (Å²) in [6, 6.07) is 10.7. The van der Waals surface area contributed by atoms with Gasteiger partial charge in [0, 0.05) is 57.9 Å². The Bertz CT molecular complexity index is 811. The van der Waals surface area contributed by atoms with Crippen molar-refractivity contribution < 1.29 is 0 Å². The van der Waals surface area contributed by atoms with Gasteiger partial charge in [-0.15, -0.1) is 10.2 Å². The summed E-state index contributed by atoms with van der Waals surface area (Å²) < 4.78 is 2.27. The number of rotatable bonds is 9. The second-order valence-corrected chi connectivity index (χ2v) is 9.03. The fourth-order valence-electron chi connectivity index (χ4n) is 3.87. The van der Waals surface area contributed by atoms with E-state index in [2.05, 4.69) is 87.2 Å². The van der Waals surface area contributed by atoms with Crippen LogP contribution >= 0.6 is 11.8 Å². The number of piperazine rings is 1. The van der Waals surface area contributed by atoms with Crippen LogP contribution in [0.15, 0.2) is 40.5 Å². The van der Waals surface area contributed by atoms with Crippen LogP contribution in [0.4, 0.5) is 5.69 Å². The number of para-hydroxylation sites is 1. The van der Waals surface area contributed by atoms with Gasteiger partial charge in [0.25, 0.3) is 0 Å². The number of nitrogens with zero attached hydrogens (tertiary/aromatic N) is 6. The second kappa shape index (κ2) is 12.0. The van der Waals surface area contributed by atoms with Gasteiger partial charge in [-0.1, -0.05) is 43.8 Å². The minimum absolute atomic E-state index is 0.577. The number of anilines is 1. The van der Waals surface area contributed by atoms with Gasteiger partial charge in [0.15, 0.2) is 11.1 Å². The number of hydrogen-bond acceptors (Lipinski definition) is 5. The second-order valence-electron chi connectivity index (χ2n) is 8.26. The number of hydrogen-bond donors (Lipinski definition) is 1. The van der Waals surface area contributed by atoms with Crippen LogP contribution in [0.25, 0.3) is 0 Å². The summed E-state index contributed by atoms with van der Waals surface area (Å²) in [5.74, 6) is 2.69. The number of aryl methyl sites for hydroxylation is 1. The van der Waals surface area contributed by atoms with E-state index in [1.807, 2.05) is 0 Å². The maximum atomic E-state index is 4.92. The minimum atomic E-state index is 0.577. The molecule has 3 rings (SSSR count). The fraction of sp³-hybridized carbons (Fsp3) is 0.609. The molecule has 8 heteroatoms. The number of aliphatic imine (C=N–C) groups is 1. The molecule has 0 radical (unpaired) electrons. The zero-order valence-electron chi connectivity index (χ0n) is 19.4. The molecule has 0 unspecified atom stereocenters. The number of nitrogens with one attached hydrogen (secondary N) is 1. The molecule has 0 bridgehead atoms. The monoisotopic (exact) mass is 443 g/mol. The molecule has 0 aliphatic carbocycles. The summed E-state index contributed by atoms with van der Waals surface area (Å²) in [6.07, 6.45) is 3.95. The van der Waals surface area contributed by atoms with Crippen molar-refractivity contribution in [2.24, 2.45) is 10.9 Å². The van der Waals surface area contributed by atoms with Crippen LogP contribution in [0.3, 0.4) is 0 Å². The Morgan fingerprint density at radius 2 is 1.87 bits per heavy atom. The molecule has 1 aromatic carbocycles. The number of aromatic nitrogens is 3. The maximum absolute atomic E-state index is 4.92. The molecule has 31 heavy (non-hydrogen) atoms. The van der Waals surface area contributed by atoms with E-state index < -0.39 is 0 Å². The molecule has 1 N–H and O–H groups in total. The van der Waals surface area contributed by atoms with Crippen LogP contribution in [-0.4, -0.2) is 71.1 Å². The zero-order chi connectivity index (χ0) is 22.1. The molecule has 1 aliphatic heterocycles. The first-order chi connectivity index (χ1) is 15.1. The molecule has 7 nitrogen and oxygen atoms in total. The number of guanidine groups is 1. The highest BCUT2D eigenvalue weighted by Crippen LogP contribution is 2.17. The first kappa shape index (κ1) is 23.4. The van der Waals surface area contributed by atoms with Crippen molar-refractivity contribution in [1.82, 2.24) is 25.0 Å². The predicted molar refractivity (Wildman–Crippen MR) is 131 cm³/mol. The molecule has 0 atom stereocenters. The van der Waals surface area contributed by atoms with E-state index in [-0.39, 0.29) is 0 Å². The minimum Gasteiger partial charge on any atom is -0.368 e. The lowest BCUT2D eigenvalue weighted by Gasteiger charge is -2.37. The largest absolute Gasteiger partial charge is 0.368 e. The van der Waals surface area contributed by atoms with Crippen LogP contribution in [0.1, 0.15) is 33.0 Å². The molecule has 170 valence electrons. The predicted octanol–water partition coefficient (Wildman–Crippen LogP) is 3.38. The highest BCUT2D eigenvalue weighted by Gasteiger charge is 2.19. The van der Waals surface area contributed by atoms with Crippen LogP contribution in [0, 0.1) is 5.92 Å². The summed E-state index contributed by atoms with van der Waals surface area (Å²) in [5, 5.41) is 13.3. The molecule has 2 heterocycles. The van der Waals surface area contributed by atoms with E-state index in [9.17, 15) is 0 Å². The van der Waals surface area contributed by atoms with Crippen LogP contribution in [-0.2, 0) is 13.0 Å². The lowest BCUT2D eigenvalue weighted by atomic mass is 10.2. The Kier molecular flexibility index (Phi) is 9.06. The van der Waals surface area contributed by atoms with E-state index in [1.54, 1.807) is 11.8 Å². The molecule has 2 aromatic rings. The molecule has 0 amide bonds. The van der Waals surface area contributed by atoms with Crippen LogP contribution in [0.5, 0.6) is 0 Å². The van der Waals surface area contributed by atoms with E-state index in [0.29, 0.717) is 5.92 Å². The number of benzene rings is 1. The molecule has 0 spiro atoms. The third-order valence-corrected chi connectivity index (χ3v) is 6.05. The Balaban J connectivity index is 1.53. The van der Waals surface area contributed by atoms with E-state index in [4.69, 9.17) is 4.99 Å². The van der Waals surface area contributed by atoms with Gasteiger partial charge in [-0.05, 0) is 37.7 Å². The van der Waals surface area contributed by atoms with Gasteiger partial charge in [0.2, 0.25) is 0 Å². The molecule has 1 fully saturated rings. The highest BCUT2D eigenvalue weighted by atomic mass is 32.2. The van der Waals surface area contributed by atoms with Crippen molar-refractivity contribution in [1.29, 1.82) is 0 Å². The normalized spacial score (nSPS) is 15.1. The first-order valence-corrected chi connectivity index (χ1v) is 12.6. The standard InChI is InChI=1S/C23H37N7S/c1-5-24-22(29-16-14-28(15-17-29)20-10-7-6-8-11-20)25-13-9-12-21-26-27-23(31-4)30(21)18-19(2)3/h6-8,10-11,19H,5,9,12-18H2,1-4H3,(H,24,25). The van der Waals surface area contributed by atoms with Crippen molar-refractivity contribution in [3.8, 4) is 0 Å². The quantitative estimate of drug-likeness (QED) is 0.277. The third kappa shape index (κ3) is 6.63. The molecule has 1 aliphatic rings. The van der Waals surface area contributed by atoms with Crippen molar-refractivity contribution in [2.75, 3.05) is 50.4 Å². The fourth-order valence-corrected chi connectivity index (χ4v) is 4.39. The van der Waals surface area contributed by atoms with Gasteiger partial charge in [-0.3, -0.25) is 4.99 Å². The third-order valence-electron chi connectivity index (χ3n) is 5.38. The summed E-state index contributed by atoms with van der Waals surface area (Å²) in [4.78, 5) is 9.75. The van der Waals surface area contributed by atoms with Gasteiger partial charge >= 0.3 is 0 Å². The van der Waals surface area contributed by atoms with E-state index in [1.165, 1.54) is 5.69 Å². The number of thioether (sulfide) groups is 1. The summed E-state index contributed by atoms with van der Waals surface area (Å²) in [7, 11) is 0. The Labute approximate surface area is 191 Å². The van der Waals surface area contributed by atoms with Crippen molar-refractivity contribution in [2.45, 2.75) is 45.3 Å². The van der Waals surface area contributed by atoms with E-state index in [0.717, 1.165) is 75.6 Å². The van der Waals surface area contributed by atoms with Gasteiger partial charge in [0.1, 0.15) is 5.82 Å². The molecule has 1 saturated heterocycles. The molecular formula is C23H37N7S. The van der Waals surface area contributed by atoms with Crippen molar-refractivity contribution in [3.05, 3.63) is 36.2 Å². The first-order valence-electron chi connectivity index (χ1n) is 11.4. The van der Waals surface area contributed by atoms with Crippen molar-refractivity contribution in [3.63, 3.8) is 0 Å². The zero-order valence-corrected chi connectivity index (χ0v) is 20.2. The van der Waals surface area contributed by atoms with Crippen LogP contribution < -0.4 is 10.2 Å². The topological polar surface area (TPSA) is 61.6 Å². The molecule has 1 aromatic heterocycles. The summed E-state index contributed by atoms with van der Waals surface area (Å²) in [6.45, 7) is 13.3. The smallest absolute Gasteiger partial charge is 0.194 e. The van der Waals surface area contributed by atoms with Gasteiger partial charge in [0.05, 0.1) is 0 Å². The summed E-state index contributed by atoms with van der Waals surface area (Å²) in [5.41, 5.74) is 1.30. The molecular weight excluding hydrogens is 406 g/mol.